The molecule has 2 aliphatic heterocycles. The molecule has 0 aromatic heterocycles. The van der Waals surface area contributed by atoms with Crippen molar-refractivity contribution in [1.82, 2.24) is 4.90 Å². The maximum atomic E-state index is 13.8. The molecule has 4 amide bonds. The van der Waals surface area contributed by atoms with Crippen molar-refractivity contribution in [1.29, 1.82) is 0 Å². The van der Waals surface area contributed by atoms with Gasteiger partial charge in [0.1, 0.15) is 0 Å². The van der Waals surface area contributed by atoms with Gasteiger partial charge in [0.05, 0.1) is 5.69 Å². The van der Waals surface area contributed by atoms with Gasteiger partial charge in [-0.3, -0.25) is 24.1 Å². The van der Waals surface area contributed by atoms with E-state index in [1.54, 1.807) is 36.4 Å². The standard InChI is InChI=1S/C32H30N2O4/c1-5-7-8-9-10-11-16-33-29(35)22-12-14-24-27-25(15-13-23(26(22)27)30(33)36)32(38)34(31(24)37)28-19(3)17-21(6-2)18-20(28)4/h2,12-15,17-18H,5,7-11,16H2,1,3-4H3. The van der Waals surface area contributed by atoms with Crippen LogP contribution in [0.5, 0.6) is 0 Å². The average Bonchev–Trinajstić information content (AvgIpc) is 2.90. The third-order valence-corrected chi connectivity index (χ3v) is 7.60. The minimum atomic E-state index is -0.486. The normalized spacial score (nSPS) is 14.5. The second-order valence-electron chi connectivity index (χ2n) is 10.1. The summed E-state index contributed by atoms with van der Waals surface area (Å²) < 4.78 is 0. The van der Waals surface area contributed by atoms with Gasteiger partial charge in [0.2, 0.25) is 0 Å². The summed E-state index contributed by atoms with van der Waals surface area (Å²) in [7, 11) is 0. The van der Waals surface area contributed by atoms with Gasteiger partial charge in [-0.15, -0.1) is 6.42 Å². The predicted octanol–water partition coefficient (Wildman–Crippen LogP) is 6.20. The number of amides is 4. The van der Waals surface area contributed by atoms with E-state index in [2.05, 4.69) is 12.8 Å². The lowest BCUT2D eigenvalue weighted by Gasteiger charge is -2.33. The van der Waals surface area contributed by atoms with Crippen molar-refractivity contribution in [2.75, 3.05) is 11.4 Å². The molecule has 0 aliphatic carbocycles. The number of hydrogen-bond acceptors (Lipinski definition) is 4. The smallest absolute Gasteiger partial charge is 0.266 e. The number of unbranched alkanes of at least 4 members (excludes halogenated alkanes) is 5. The monoisotopic (exact) mass is 506 g/mol. The van der Waals surface area contributed by atoms with E-state index in [-0.39, 0.29) is 11.8 Å². The van der Waals surface area contributed by atoms with Gasteiger partial charge in [-0.2, -0.15) is 0 Å². The fraction of sp³-hybridized carbons (Fsp3) is 0.312. The Labute approximate surface area is 222 Å². The molecule has 0 spiro atoms. The zero-order valence-electron chi connectivity index (χ0n) is 22.0. The number of carbonyl (C=O) groups excluding carboxylic acids is 4. The summed E-state index contributed by atoms with van der Waals surface area (Å²) in [6.45, 7) is 6.15. The van der Waals surface area contributed by atoms with Crippen LogP contribution in [0, 0.1) is 26.2 Å². The second-order valence-corrected chi connectivity index (χ2v) is 10.1. The van der Waals surface area contributed by atoms with Crippen molar-refractivity contribution in [3.05, 3.63) is 75.3 Å². The maximum absolute atomic E-state index is 13.8. The number of imide groups is 2. The first kappa shape index (κ1) is 25.4. The van der Waals surface area contributed by atoms with Crippen LogP contribution in [0.4, 0.5) is 5.69 Å². The highest BCUT2D eigenvalue weighted by atomic mass is 16.2. The van der Waals surface area contributed by atoms with Gasteiger partial charge in [-0.05, 0) is 67.8 Å². The number of terminal acetylenes is 1. The van der Waals surface area contributed by atoms with Gasteiger partial charge < -0.3 is 0 Å². The van der Waals surface area contributed by atoms with Crippen LogP contribution in [-0.4, -0.2) is 35.1 Å². The molecule has 0 bridgehead atoms. The summed E-state index contributed by atoms with van der Waals surface area (Å²) in [5.74, 6) is 0.873. The number of carbonyl (C=O) groups is 4. The van der Waals surface area contributed by atoms with E-state index in [0.717, 1.165) is 32.1 Å². The largest absolute Gasteiger partial charge is 0.274 e. The number of anilines is 1. The lowest BCUT2D eigenvalue weighted by molar-refractivity contribution is 0.0606. The van der Waals surface area contributed by atoms with Crippen molar-refractivity contribution in [3.63, 3.8) is 0 Å². The second kappa shape index (κ2) is 9.90. The van der Waals surface area contributed by atoms with Crippen LogP contribution in [-0.2, 0) is 0 Å². The van der Waals surface area contributed by atoms with E-state index in [9.17, 15) is 19.2 Å². The summed E-state index contributed by atoms with van der Waals surface area (Å²) in [5.41, 5.74) is 3.89. The van der Waals surface area contributed by atoms with Crippen LogP contribution in [0.1, 0.15) is 104 Å². The first-order valence-electron chi connectivity index (χ1n) is 13.2. The van der Waals surface area contributed by atoms with Crippen LogP contribution in [0.2, 0.25) is 0 Å². The van der Waals surface area contributed by atoms with Gasteiger partial charge in [0, 0.05) is 45.1 Å². The zero-order chi connectivity index (χ0) is 27.1. The van der Waals surface area contributed by atoms with Gasteiger partial charge >= 0.3 is 0 Å². The highest BCUT2D eigenvalue weighted by Gasteiger charge is 2.40. The molecule has 2 heterocycles. The Balaban J connectivity index is 1.54. The quantitative estimate of drug-likeness (QED) is 0.207. The molecular formula is C32H30N2O4. The molecule has 0 radical (unpaired) electrons. The van der Waals surface area contributed by atoms with Crippen LogP contribution < -0.4 is 4.90 Å². The zero-order valence-corrected chi connectivity index (χ0v) is 22.0. The molecule has 0 unspecified atom stereocenters. The van der Waals surface area contributed by atoms with E-state index >= 15 is 0 Å². The maximum Gasteiger partial charge on any atom is 0.266 e. The van der Waals surface area contributed by atoms with Crippen LogP contribution in [0.25, 0.3) is 10.8 Å². The van der Waals surface area contributed by atoms with Crippen molar-refractivity contribution >= 4 is 40.1 Å². The average molecular weight is 507 g/mol. The number of rotatable bonds is 8. The highest BCUT2D eigenvalue weighted by molar-refractivity contribution is 6.39. The van der Waals surface area contributed by atoms with Gasteiger partial charge in [0.15, 0.2) is 0 Å². The number of nitrogens with zero attached hydrogens (tertiary/aromatic N) is 2. The molecule has 6 nitrogen and oxygen atoms in total. The Morgan fingerprint density at radius 2 is 1.13 bits per heavy atom. The lowest BCUT2D eigenvalue weighted by atomic mass is 9.85. The molecular weight excluding hydrogens is 476 g/mol. The Morgan fingerprint density at radius 1 is 0.684 bits per heavy atom. The third kappa shape index (κ3) is 3.90. The number of benzene rings is 3. The number of aryl methyl sites for hydroxylation is 2. The third-order valence-electron chi connectivity index (χ3n) is 7.60. The van der Waals surface area contributed by atoms with Crippen molar-refractivity contribution in [2.45, 2.75) is 59.3 Å². The Morgan fingerprint density at radius 3 is 1.61 bits per heavy atom. The van der Waals surface area contributed by atoms with Crippen LogP contribution in [0.15, 0.2) is 36.4 Å². The van der Waals surface area contributed by atoms with Gasteiger partial charge in [-0.25, -0.2) is 4.90 Å². The van der Waals surface area contributed by atoms with E-state index in [1.165, 1.54) is 16.2 Å². The minimum Gasteiger partial charge on any atom is -0.274 e. The molecule has 2 aliphatic rings. The molecule has 0 atom stereocenters. The summed E-state index contributed by atoms with van der Waals surface area (Å²) in [5, 5.41) is 0.773. The van der Waals surface area contributed by atoms with E-state index in [0.29, 0.717) is 61.9 Å². The van der Waals surface area contributed by atoms with Crippen molar-refractivity contribution in [2.24, 2.45) is 0 Å². The minimum absolute atomic E-state index is 0.296. The molecule has 0 fully saturated rings. The van der Waals surface area contributed by atoms with Crippen molar-refractivity contribution in [3.8, 4) is 12.3 Å². The predicted molar refractivity (Wildman–Crippen MR) is 148 cm³/mol. The van der Waals surface area contributed by atoms with Crippen LogP contribution >= 0.6 is 0 Å². The SMILES string of the molecule is C#Cc1cc(C)c(N2C(=O)c3ccc4c5c(ccc(c35)C2=O)C(=O)N(CCCCCCCC)C4=O)c(C)c1. The Hall–Kier alpha value is -4.24. The summed E-state index contributed by atoms with van der Waals surface area (Å²) >= 11 is 0. The molecule has 0 saturated heterocycles. The van der Waals surface area contributed by atoms with Gasteiger partial charge in [-0.1, -0.05) is 44.9 Å². The summed E-state index contributed by atoms with van der Waals surface area (Å²) in [6, 6.07) is 9.97. The first-order chi connectivity index (χ1) is 18.3. The molecule has 192 valence electrons. The fourth-order valence-corrected chi connectivity index (χ4v) is 5.77. The lowest BCUT2D eigenvalue weighted by Crippen LogP contribution is -2.44. The molecule has 0 saturated carbocycles. The first-order valence-corrected chi connectivity index (χ1v) is 13.2. The number of hydrogen-bond donors (Lipinski definition) is 0. The summed E-state index contributed by atoms with van der Waals surface area (Å²) in [6.07, 6.45) is 11.8. The summed E-state index contributed by atoms with van der Waals surface area (Å²) in [4.78, 5) is 56.8. The molecule has 0 N–H and O–H groups in total. The molecule has 3 aromatic carbocycles. The molecule has 5 rings (SSSR count). The van der Waals surface area contributed by atoms with Crippen LogP contribution in [0.3, 0.4) is 0 Å². The van der Waals surface area contributed by atoms with E-state index in [4.69, 9.17) is 6.42 Å². The van der Waals surface area contributed by atoms with E-state index < -0.39 is 11.8 Å². The Kier molecular flexibility index (Phi) is 6.62. The fourth-order valence-electron chi connectivity index (χ4n) is 5.77. The Bertz CT molecular complexity index is 1480. The highest BCUT2D eigenvalue weighted by Crippen LogP contribution is 2.40. The van der Waals surface area contributed by atoms with E-state index in [1.807, 2.05) is 13.8 Å². The van der Waals surface area contributed by atoms with Crippen molar-refractivity contribution < 1.29 is 19.2 Å². The topological polar surface area (TPSA) is 74.8 Å². The molecule has 3 aromatic rings. The van der Waals surface area contributed by atoms with Gasteiger partial charge in [0.25, 0.3) is 23.6 Å². The molecule has 38 heavy (non-hydrogen) atoms. The molecule has 6 heteroatoms.